The van der Waals surface area contributed by atoms with E-state index < -0.39 is 0 Å². The van der Waals surface area contributed by atoms with E-state index in [9.17, 15) is 0 Å². The van der Waals surface area contributed by atoms with Crippen LogP contribution in [0, 0.1) is 11.8 Å². The highest BCUT2D eigenvalue weighted by Crippen LogP contribution is 2.19. The van der Waals surface area contributed by atoms with E-state index >= 15 is 0 Å². The Labute approximate surface area is 129 Å². The topological polar surface area (TPSA) is 32.7 Å². The predicted molar refractivity (Wildman–Crippen MR) is 86.4 cm³/mol. The molecule has 3 nitrogen and oxygen atoms in total. The maximum absolute atomic E-state index is 8.70. The van der Waals surface area contributed by atoms with Crippen LogP contribution < -0.4 is 4.74 Å². The molecule has 2 aromatic rings. The molecule has 0 amide bonds. The minimum absolute atomic E-state index is 0.0943. The number of rotatable bonds is 5. The summed E-state index contributed by atoms with van der Waals surface area (Å²) in [6.45, 7) is 1.65. The van der Waals surface area contributed by atoms with Crippen molar-refractivity contribution in [3.63, 3.8) is 0 Å². The molecule has 21 heavy (non-hydrogen) atoms. The maximum atomic E-state index is 8.70. The Morgan fingerprint density at radius 1 is 1.24 bits per heavy atom. The second-order valence-electron chi connectivity index (χ2n) is 4.75. The zero-order valence-corrected chi connectivity index (χ0v) is 13.1. The normalized spacial score (nSPS) is 10.3. The first kappa shape index (κ1) is 15.6. The lowest BCUT2D eigenvalue weighted by Crippen LogP contribution is -2.16. The van der Waals surface area contributed by atoms with E-state index in [0.29, 0.717) is 0 Å². The molecule has 1 N–H and O–H groups in total. The number of methoxy groups -OCH3 is 1. The van der Waals surface area contributed by atoms with Gasteiger partial charge in [-0.1, -0.05) is 24.0 Å². The Bertz CT molecular complexity index is 639. The summed E-state index contributed by atoms with van der Waals surface area (Å²) in [7, 11) is 3.78. The number of thiophene rings is 1. The molecule has 0 aliphatic heterocycles. The van der Waals surface area contributed by atoms with Gasteiger partial charge in [0.25, 0.3) is 0 Å². The van der Waals surface area contributed by atoms with Crippen LogP contribution in [0.5, 0.6) is 5.75 Å². The summed E-state index contributed by atoms with van der Waals surface area (Å²) in [6, 6.07) is 12.2. The van der Waals surface area contributed by atoms with E-state index in [-0.39, 0.29) is 6.61 Å². The van der Waals surface area contributed by atoms with Gasteiger partial charge in [-0.05, 0) is 36.9 Å². The molecule has 0 atom stereocenters. The average molecular weight is 301 g/mol. The molecule has 1 heterocycles. The number of nitrogens with zero attached hydrogens (tertiary/aromatic N) is 1. The maximum Gasteiger partial charge on any atom is 0.119 e. The van der Waals surface area contributed by atoms with Crippen LogP contribution in [0.3, 0.4) is 0 Å². The molecule has 2 rings (SSSR count). The number of ether oxygens (including phenoxy) is 1. The molecule has 0 unspecified atom stereocenters. The van der Waals surface area contributed by atoms with Crippen LogP contribution in [0.15, 0.2) is 36.4 Å². The molecular weight excluding hydrogens is 282 g/mol. The molecule has 0 aliphatic carbocycles. The second kappa shape index (κ2) is 7.84. The van der Waals surface area contributed by atoms with Gasteiger partial charge in [0, 0.05) is 18.0 Å². The van der Waals surface area contributed by atoms with Crippen LogP contribution >= 0.6 is 11.3 Å². The van der Waals surface area contributed by atoms with Crippen molar-refractivity contribution in [2.75, 3.05) is 20.8 Å². The van der Waals surface area contributed by atoms with E-state index in [0.717, 1.165) is 23.7 Å². The molecule has 110 valence electrons. The molecule has 0 spiro atoms. The Morgan fingerprint density at radius 2 is 2.10 bits per heavy atom. The van der Waals surface area contributed by atoms with Crippen molar-refractivity contribution in [1.29, 1.82) is 0 Å². The SMILES string of the molecule is COc1cccc(CN(C)Cc2ccc(C#CCO)s2)c1. The highest BCUT2D eigenvalue weighted by Gasteiger charge is 2.05. The minimum atomic E-state index is -0.0943. The summed E-state index contributed by atoms with van der Waals surface area (Å²) in [4.78, 5) is 4.51. The van der Waals surface area contributed by atoms with Crippen molar-refractivity contribution in [3.8, 4) is 17.6 Å². The van der Waals surface area contributed by atoms with Gasteiger partial charge in [-0.2, -0.15) is 0 Å². The summed E-state index contributed by atoms with van der Waals surface area (Å²) in [5, 5.41) is 8.70. The highest BCUT2D eigenvalue weighted by atomic mass is 32.1. The third kappa shape index (κ3) is 4.91. The zero-order valence-electron chi connectivity index (χ0n) is 12.3. The molecule has 0 aliphatic rings. The zero-order chi connectivity index (χ0) is 15.1. The third-order valence-corrected chi connectivity index (χ3v) is 3.95. The van der Waals surface area contributed by atoms with Crippen molar-refractivity contribution in [3.05, 3.63) is 51.7 Å². The molecule has 4 heteroatoms. The Kier molecular flexibility index (Phi) is 5.82. The lowest BCUT2D eigenvalue weighted by atomic mass is 10.2. The Morgan fingerprint density at radius 3 is 2.86 bits per heavy atom. The fraction of sp³-hybridized carbons (Fsp3) is 0.294. The van der Waals surface area contributed by atoms with Crippen LogP contribution in [0.25, 0.3) is 0 Å². The summed E-state index contributed by atoms with van der Waals surface area (Å²) in [5.74, 6) is 6.50. The lowest BCUT2D eigenvalue weighted by Gasteiger charge is -2.16. The van der Waals surface area contributed by atoms with Crippen molar-refractivity contribution in [2.24, 2.45) is 0 Å². The van der Waals surface area contributed by atoms with Crippen molar-refractivity contribution in [2.45, 2.75) is 13.1 Å². The first-order valence-corrected chi connectivity index (χ1v) is 7.53. The summed E-state index contributed by atoms with van der Waals surface area (Å²) >= 11 is 1.67. The number of aliphatic hydroxyl groups excluding tert-OH is 1. The van der Waals surface area contributed by atoms with E-state index in [4.69, 9.17) is 9.84 Å². The van der Waals surface area contributed by atoms with E-state index in [1.807, 2.05) is 18.2 Å². The first-order valence-electron chi connectivity index (χ1n) is 6.71. The number of benzene rings is 1. The summed E-state index contributed by atoms with van der Waals surface area (Å²) < 4.78 is 5.24. The third-order valence-electron chi connectivity index (χ3n) is 2.96. The molecule has 0 bridgehead atoms. The fourth-order valence-electron chi connectivity index (χ4n) is 2.06. The van der Waals surface area contributed by atoms with Gasteiger partial charge in [-0.3, -0.25) is 4.90 Å². The average Bonchev–Trinajstić information content (AvgIpc) is 2.92. The molecular formula is C17H19NO2S. The van der Waals surface area contributed by atoms with Crippen LogP contribution in [-0.4, -0.2) is 30.8 Å². The van der Waals surface area contributed by atoms with E-state index in [1.54, 1.807) is 18.4 Å². The molecule has 0 fully saturated rings. The number of hydrogen-bond donors (Lipinski definition) is 1. The van der Waals surface area contributed by atoms with Crippen molar-refractivity contribution >= 4 is 11.3 Å². The smallest absolute Gasteiger partial charge is 0.119 e. The number of aliphatic hydroxyl groups is 1. The van der Waals surface area contributed by atoms with Gasteiger partial charge < -0.3 is 9.84 Å². The van der Waals surface area contributed by atoms with Gasteiger partial charge in [-0.15, -0.1) is 11.3 Å². The predicted octanol–water partition coefficient (Wildman–Crippen LogP) is 2.73. The highest BCUT2D eigenvalue weighted by molar-refractivity contribution is 7.12. The van der Waals surface area contributed by atoms with Gasteiger partial charge in [0.15, 0.2) is 0 Å². The van der Waals surface area contributed by atoms with Gasteiger partial charge in [-0.25, -0.2) is 0 Å². The van der Waals surface area contributed by atoms with Crippen LogP contribution in [0.1, 0.15) is 15.3 Å². The Hall–Kier alpha value is -1.80. The lowest BCUT2D eigenvalue weighted by molar-refractivity contribution is 0.321. The molecule has 0 saturated heterocycles. The standard InChI is InChI=1S/C17H19NO2S/c1-18(12-14-5-3-6-15(11-14)20-2)13-17-9-8-16(21-17)7-4-10-19/h3,5-6,8-9,11,19H,10,12-13H2,1-2H3. The van der Waals surface area contributed by atoms with Gasteiger partial charge in [0.1, 0.15) is 12.4 Å². The van der Waals surface area contributed by atoms with E-state index in [1.165, 1.54) is 10.4 Å². The Balaban J connectivity index is 1.94. The van der Waals surface area contributed by atoms with Gasteiger partial charge in [0.05, 0.1) is 12.0 Å². The molecule has 1 aromatic carbocycles. The number of hydrogen-bond acceptors (Lipinski definition) is 4. The monoisotopic (exact) mass is 301 g/mol. The van der Waals surface area contributed by atoms with Crippen LogP contribution in [-0.2, 0) is 13.1 Å². The molecule has 1 aromatic heterocycles. The van der Waals surface area contributed by atoms with Gasteiger partial charge in [0.2, 0.25) is 0 Å². The van der Waals surface area contributed by atoms with Crippen molar-refractivity contribution in [1.82, 2.24) is 4.90 Å². The second-order valence-corrected chi connectivity index (χ2v) is 5.92. The minimum Gasteiger partial charge on any atom is -0.497 e. The van der Waals surface area contributed by atoms with Crippen molar-refractivity contribution < 1.29 is 9.84 Å². The van der Waals surface area contributed by atoms with Crippen LogP contribution in [0.4, 0.5) is 0 Å². The summed E-state index contributed by atoms with van der Waals surface area (Å²) in [6.07, 6.45) is 0. The molecule has 0 saturated carbocycles. The fourth-order valence-corrected chi connectivity index (χ4v) is 3.02. The summed E-state index contributed by atoms with van der Waals surface area (Å²) in [5.41, 5.74) is 1.23. The largest absolute Gasteiger partial charge is 0.497 e. The van der Waals surface area contributed by atoms with Crippen LogP contribution in [0.2, 0.25) is 0 Å². The van der Waals surface area contributed by atoms with Gasteiger partial charge >= 0.3 is 0 Å². The van der Waals surface area contributed by atoms with E-state index in [2.05, 4.69) is 42.0 Å². The first-order chi connectivity index (χ1) is 10.2. The quantitative estimate of drug-likeness (QED) is 0.862. The molecule has 0 radical (unpaired) electrons.